The molecule has 0 saturated heterocycles. The summed E-state index contributed by atoms with van der Waals surface area (Å²) in [6, 6.07) is 5.55. The second-order valence-corrected chi connectivity index (χ2v) is 3.81. The van der Waals surface area contributed by atoms with Gasteiger partial charge >= 0.3 is 5.97 Å². The molecule has 1 unspecified atom stereocenters. The maximum Gasteiger partial charge on any atom is 0.328 e. The normalized spacial score (nSPS) is 12.7. The predicted molar refractivity (Wildman–Crippen MR) is 61.8 cm³/mol. The fourth-order valence-electron chi connectivity index (χ4n) is 1.93. The van der Waals surface area contributed by atoms with Gasteiger partial charge in [0, 0.05) is 18.1 Å². The number of halogens is 1. The Morgan fingerprint density at radius 3 is 2.82 bits per heavy atom. The fourth-order valence-corrected chi connectivity index (χ4v) is 1.93. The number of carbonyl (C=O) groups excluding carboxylic acids is 1. The molecule has 0 fully saturated rings. The zero-order valence-corrected chi connectivity index (χ0v) is 9.61. The van der Waals surface area contributed by atoms with Crippen LogP contribution in [0.5, 0.6) is 0 Å². The Labute approximate surface area is 97.8 Å². The summed E-state index contributed by atoms with van der Waals surface area (Å²) < 4.78 is 19.8. The van der Waals surface area contributed by atoms with Crippen molar-refractivity contribution in [1.29, 1.82) is 0 Å². The molecule has 90 valence electrons. The molecular formula is C12H13FN2O2. The van der Waals surface area contributed by atoms with Gasteiger partial charge in [0.05, 0.1) is 12.6 Å². The van der Waals surface area contributed by atoms with Gasteiger partial charge in [0.1, 0.15) is 11.9 Å². The van der Waals surface area contributed by atoms with Gasteiger partial charge in [-0.1, -0.05) is 12.1 Å². The minimum atomic E-state index is -0.906. The number of aryl methyl sites for hydroxylation is 1. The van der Waals surface area contributed by atoms with Crippen molar-refractivity contribution in [2.45, 2.75) is 6.04 Å². The van der Waals surface area contributed by atoms with E-state index in [2.05, 4.69) is 4.74 Å². The summed E-state index contributed by atoms with van der Waals surface area (Å²) in [7, 11) is 2.94. The minimum absolute atomic E-state index is 0.340. The lowest BCUT2D eigenvalue weighted by molar-refractivity contribution is -0.142. The molecule has 1 atom stereocenters. The molecular weight excluding hydrogens is 223 g/mol. The number of nitrogens with zero attached hydrogens (tertiary/aromatic N) is 1. The summed E-state index contributed by atoms with van der Waals surface area (Å²) in [5.41, 5.74) is 6.70. The van der Waals surface area contributed by atoms with Crippen molar-refractivity contribution in [2.24, 2.45) is 12.8 Å². The number of para-hydroxylation sites is 1. The zero-order chi connectivity index (χ0) is 12.6. The van der Waals surface area contributed by atoms with Gasteiger partial charge in [-0.3, -0.25) is 0 Å². The number of hydrogen-bond acceptors (Lipinski definition) is 3. The van der Waals surface area contributed by atoms with Gasteiger partial charge in [-0.15, -0.1) is 0 Å². The lowest BCUT2D eigenvalue weighted by Gasteiger charge is -2.10. The Kier molecular flexibility index (Phi) is 2.85. The van der Waals surface area contributed by atoms with E-state index in [9.17, 15) is 9.18 Å². The van der Waals surface area contributed by atoms with E-state index in [0.29, 0.717) is 16.6 Å². The topological polar surface area (TPSA) is 57.2 Å². The van der Waals surface area contributed by atoms with Crippen LogP contribution in [-0.2, 0) is 16.6 Å². The number of hydrogen-bond donors (Lipinski definition) is 1. The number of rotatable bonds is 2. The molecule has 5 heteroatoms. The standard InChI is InChI=1S/C12H13FN2O2/c1-15-9(10(14)12(16)17-2)6-7-4-3-5-8(13)11(7)15/h3-6,10H,14H2,1-2H3. The van der Waals surface area contributed by atoms with Crippen LogP contribution in [0.25, 0.3) is 10.9 Å². The van der Waals surface area contributed by atoms with Crippen molar-refractivity contribution >= 4 is 16.9 Å². The fraction of sp³-hybridized carbons (Fsp3) is 0.250. The number of ether oxygens (including phenoxy) is 1. The first-order valence-corrected chi connectivity index (χ1v) is 5.13. The Morgan fingerprint density at radius 1 is 1.53 bits per heavy atom. The Bertz CT molecular complexity index is 577. The third-order valence-electron chi connectivity index (χ3n) is 2.82. The molecule has 2 aromatic rings. The maximum absolute atomic E-state index is 13.6. The lowest BCUT2D eigenvalue weighted by atomic mass is 10.2. The Balaban J connectivity index is 2.60. The molecule has 17 heavy (non-hydrogen) atoms. The summed E-state index contributed by atoms with van der Waals surface area (Å²) >= 11 is 0. The molecule has 2 N–H and O–H groups in total. The van der Waals surface area contributed by atoms with Crippen LogP contribution in [0, 0.1) is 5.82 Å². The van der Waals surface area contributed by atoms with Gasteiger partial charge in [-0.05, 0) is 12.1 Å². The molecule has 1 aromatic carbocycles. The number of aromatic nitrogens is 1. The van der Waals surface area contributed by atoms with Crippen LogP contribution in [0.2, 0.25) is 0 Å². The Morgan fingerprint density at radius 2 is 2.24 bits per heavy atom. The number of nitrogens with two attached hydrogens (primary N) is 1. The van der Waals surface area contributed by atoms with Gasteiger partial charge in [0.15, 0.2) is 0 Å². The monoisotopic (exact) mass is 236 g/mol. The van der Waals surface area contributed by atoms with E-state index in [-0.39, 0.29) is 5.82 Å². The number of esters is 1. The molecule has 0 saturated carbocycles. The average Bonchev–Trinajstić information content (AvgIpc) is 2.66. The zero-order valence-electron chi connectivity index (χ0n) is 9.61. The van der Waals surface area contributed by atoms with Crippen molar-refractivity contribution in [2.75, 3.05) is 7.11 Å². The molecule has 0 aliphatic rings. The molecule has 0 aliphatic carbocycles. The SMILES string of the molecule is COC(=O)C(N)c1cc2cccc(F)c2n1C. The van der Waals surface area contributed by atoms with Crippen molar-refractivity contribution in [3.63, 3.8) is 0 Å². The lowest BCUT2D eigenvalue weighted by Crippen LogP contribution is -2.24. The van der Waals surface area contributed by atoms with Crippen LogP contribution in [0.15, 0.2) is 24.3 Å². The first-order valence-electron chi connectivity index (χ1n) is 5.13. The predicted octanol–water partition coefficient (Wildman–Crippen LogP) is 1.49. The van der Waals surface area contributed by atoms with Crippen LogP contribution in [0.4, 0.5) is 4.39 Å². The van der Waals surface area contributed by atoms with Crippen LogP contribution in [-0.4, -0.2) is 17.6 Å². The maximum atomic E-state index is 13.6. The van der Waals surface area contributed by atoms with Crippen molar-refractivity contribution in [3.05, 3.63) is 35.8 Å². The molecule has 1 heterocycles. The quantitative estimate of drug-likeness (QED) is 0.804. The summed E-state index contributed by atoms with van der Waals surface area (Å²) in [4.78, 5) is 11.4. The Hall–Kier alpha value is -1.88. The van der Waals surface area contributed by atoms with Crippen LogP contribution < -0.4 is 5.73 Å². The highest BCUT2D eigenvalue weighted by Gasteiger charge is 2.21. The van der Waals surface area contributed by atoms with E-state index in [1.165, 1.54) is 13.2 Å². The van der Waals surface area contributed by atoms with Gasteiger partial charge in [0.25, 0.3) is 0 Å². The molecule has 1 aromatic heterocycles. The molecule has 0 amide bonds. The van der Waals surface area contributed by atoms with Crippen LogP contribution in [0.3, 0.4) is 0 Å². The second-order valence-electron chi connectivity index (χ2n) is 3.81. The highest BCUT2D eigenvalue weighted by atomic mass is 19.1. The first-order chi connectivity index (χ1) is 8.06. The highest BCUT2D eigenvalue weighted by molar-refractivity contribution is 5.85. The van der Waals surface area contributed by atoms with Gasteiger partial charge in [-0.25, -0.2) is 9.18 Å². The van der Waals surface area contributed by atoms with E-state index in [1.54, 1.807) is 29.8 Å². The molecule has 0 radical (unpaired) electrons. The summed E-state index contributed by atoms with van der Waals surface area (Å²) in [5, 5.41) is 0.710. The van der Waals surface area contributed by atoms with Gasteiger partial charge < -0.3 is 15.0 Å². The highest BCUT2D eigenvalue weighted by Crippen LogP contribution is 2.24. The van der Waals surface area contributed by atoms with E-state index >= 15 is 0 Å². The van der Waals surface area contributed by atoms with Gasteiger partial charge in [-0.2, -0.15) is 0 Å². The third-order valence-corrected chi connectivity index (χ3v) is 2.82. The van der Waals surface area contributed by atoms with Crippen molar-refractivity contribution < 1.29 is 13.9 Å². The molecule has 0 bridgehead atoms. The van der Waals surface area contributed by atoms with E-state index < -0.39 is 12.0 Å². The smallest absolute Gasteiger partial charge is 0.328 e. The third kappa shape index (κ3) is 1.78. The van der Waals surface area contributed by atoms with Crippen LogP contribution >= 0.6 is 0 Å². The number of methoxy groups -OCH3 is 1. The van der Waals surface area contributed by atoms with Gasteiger partial charge in [0.2, 0.25) is 0 Å². The van der Waals surface area contributed by atoms with Crippen molar-refractivity contribution in [3.8, 4) is 0 Å². The molecule has 2 rings (SSSR count). The molecule has 4 nitrogen and oxygen atoms in total. The molecule has 0 aliphatic heterocycles. The van der Waals surface area contributed by atoms with E-state index in [1.807, 2.05) is 0 Å². The largest absolute Gasteiger partial charge is 0.468 e. The second kappa shape index (κ2) is 4.18. The first kappa shape index (κ1) is 11.6. The van der Waals surface area contributed by atoms with Crippen molar-refractivity contribution in [1.82, 2.24) is 4.57 Å². The summed E-state index contributed by atoms with van der Waals surface area (Å²) in [6.07, 6.45) is 0. The minimum Gasteiger partial charge on any atom is -0.468 e. The van der Waals surface area contributed by atoms with E-state index in [0.717, 1.165) is 0 Å². The van der Waals surface area contributed by atoms with Crippen LogP contribution in [0.1, 0.15) is 11.7 Å². The van der Waals surface area contributed by atoms with E-state index in [4.69, 9.17) is 5.73 Å². The number of benzene rings is 1. The summed E-state index contributed by atoms with van der Waals surface area (Å²) in [6.45, 7) is 0. The number of carbonyl (C=O) groups is 1. The molecule has 0 spiro atoms. The average molecular weight is 236 g/mol. The number of fused-ring (bicyclic) bond motifs is 1. The summed E-state index contributed by atoms with van der Waals surface area (Å²) in [5.74, 6) is -0.885.